The summed E-state index contributed by atoms with van der Waals surface area (Å²) >= 11 is 3.55. The SMILES string of the molecule is Cc1ccc(C(N)CCC2CC2)cc1Br. The third-order valence-corrected chi connectivity index (χ3v) is 4.06. The number of aryl methyl sites for hydroxylation is 1. The number of nitrogens with two attached hydrogens (primary N) is 1. The normalized spacial score (nSPS) is 17.8. The second-order valence-electron chi connectivity index (χ2n) is 4.64. The van der Waals surface area contributed by atoms with Crippen LogP contribution in [0.5, 0.6) is 0 Å². The second kappa shape index (κ2) is 4.67. The molecule has 1 fully saturated rings. The lowest BCUT2D eigenvalue weighted by molar-refractivity contribution is 0.575. The summed E-state index contributed by atoms with van der Waals surface area (Å²) in [6.45, 7) is 2.10. The van der Waals surface area contributed by atoms with E-state index in [1.54, 1.807) is 0 Å². The standard InChI is InChI=1S/C13H18BrN/c1-9-2-6-11(8-12(9)14)13(15)7-5-10-3-4-10/h2,6,8,10,13H,3-5,7,15H2,1H3. The van der Waals surface area contributed by atoms with Crippen molar-refractivity contribution >= 4 is 15.9 Å². The number of halogens is 1. The summed E-state index contributed by atoms with van der Waals surface area (Å²) in [5, 5.41) is 0. The smallest absolute Gasteiger partial charge is 0.0295 e. The zero-order chi connectivity index (χ0) is 10.8. The van der Waals surface area contributed by atoms with Crippen LogP contribution in [0.4, 0.5) is 0 Å². The molecule has 0 aromatic heterocycles. The molecule has 2 rings (SSSR count). The van der Waals surface area contributed by atoms with Crippen molar-refractivity contribution in [1.29, 1.82) is 0 Å². The van der Waals surface area contributed by atoms with Gasteiger partial charge in [-0.25, -0.2) is 0 Å². The van der Waals surface area contributed by atoms with E-state index in [9.17, 15) is 0 Å². The highest BCUT2D eigenvalue weighted by Crippen LogP contribution is 2.35. The quantitative estimate of drug-likeness (QED) is 0.879. The van der Waals surface area contributed by atoms with Crippen LogP contribution in [0.25, 0.3) is 0 Å². The second-order valence-corrected chi connectivity index (χ2v) is 5.49. The minimum Gasteiger partial charge on any atom is -0.324 e. The largest absolute Gasteiger partial charge is 0.324 e. The van der Waals surface area contributed by atoms with Gasteiger partial charge in [-0.05, 0) is 42.9 Å². The Balaban J connectivity index is 1.97. The lowest BCUT2D eigenvalue weighted by Gasteiger charge is -2.12. The molecule has 1 unspecified atom stereocenters. The van der Waals surface area contributed by atoms with Crippen LogP contribution in [0, 0.1) is 12.8 Å². The Morgan fingerprint density at radius 1 is 1.47 bits per heavy atom. The molecule has 0 amide bonds. The molecular weight excluding hydrogens is 250 g/mol. The molecule has 2 heteroatoms. The molecule has 82 valence electrons. The number of hydrogen-bond donors (Lipinski definition) is 1. The Hall–Kier alpha value is -0.340. The van der Waals surface area contributed by atoms with Crippen molar-refractivity contribution in [2.45, 2.75) is 38.6 Å². The van der Waals surface area contributed by atoms with Crippen molar-refractivity contribution in [3.63, 3.8) is 0 Å². The van der Waals surface area contributed by atoms with E-state index in [-0.39, 0.29) is 6.04 Å². The number of hydrogen-bond acceptors (Lipinski definition) is 1. The highest BCUT2D eigenvalue weighted by molar-refractivity contribution is 9.10. The van der Waals surface area contributed by atoms with Gasteiger partial charge in [-0.1, -0.05) is 40.9 Å². The Morgan fingerprint density at radius 2 is 2.20 bits per heavy atom. The van der Waals surface area contributed by atoms with Crippen LogP contribution >= 0.6 is 15.9 Å². The van der Waals surface area contributed by atoms with Gasteiger partial charge in [0.2, 0.25) is 0 Å². The first-order chi connectivity index (χ1) is 7.16. The Morgan fingerprint density at radius 3 is 2.80 bits per heavy atom. The van der Waals surface area contributed by atoms with Crippen LogP contribution in [0.3, 0.4) is 0 Å². The fourth-order valence-electron chi connectivity index (χ4n) is 1.83. The van der Waals surface area contributed by atoms with E-state index in [1.807, 2.05) is 0 Å². The Labute approximate surface area is 100 Å². The first-order valence-electron chi connectivity index (χ1n) is 5.68. The third kappa shape index (κ3) is 3.05. The van der Waals surface area contributed by atoms with Gasteiger partial charge in [-0.2, -0.15) is 0 Å². The van der Waals surface area contributed by atoms with E-state index in [0.717, 1.165) is 12.3 Å². The van der Waals surface area contributed by atoms with Crippen molar-refractivity contribution in [1.82, 2.24) is 0 Å². The maximum Gasteiger partial charge on any atom is 0.0295 e. The van der Waals surface area contributed by atoms with Gasteiger partial charge in [0.25, 0.3) is 0 Å². The zero-order valence-corrected chi connectivity index (χ0v) is 10.8. The fourth-order valence-corrected chi connectivity index (χ4v) is 2.22. The van der Waals surface area contributed by atoms with Gasteiger partial charge in [0.15, 0.2) is 0 Å². The van der Waals surface area contributed by atoms with Crippen molar-refractivity contribution in [3.8, 4) is 0 Å². The van der Waals surface area contributed by atoms with Crippen LogP contribution in [-0.2, 0) is 0 Å². The van der Waals surface area contributed by atoms with Gasteiger partial charge >= 0.3 is 0 Å². The van der Waals surface area contributed by atoms with E-state index in [4.69, 9.17) is 5.73 Å². The summed E-state index contributed by atoms with van der Waals surface area (Å²) in [6, 6.07) is 6.66. The molecule has 0 saturated heterocycles. The minimum atomic E-state index is 0.211. The van der Waals surface area contributed by atoms with Crippen LogP contribution in [0.2, 0.25) is 0 Å². The number of benzene rings is 1. The molecule has 15 heavy (non-hydrogen) atoms. The molecule has 0 radical (unpaired) electrons. The predicted octanol–water partition coefficient (Wildman–Crippen LogP) is 3.95. The van der Waals surface area contributed by atoms with E-state index < -0.39 is 0 Å². The molecule has 1 aliphatic carbocycles. The molecule has 0 spiro atoms. The minimum absolute atomic E-state index is 0.211. The van der Waals surface area contributed by atoms with Gasteiger partial charge < -0.3 is 5.73 Å². The van der Waals surface area contributed by atoms with Crippen molar-refractivity contribution in [3.05, 3.63) is 33.8 Å². The molecule has 2 N–H and O–H groups in total. The molecule has 1 aromatic carbocycles. The highest BCUT2D eigenvalue weighted by Gasteiger charge is 2.21. The maximum absolute atomic E-state index is 6.17. The average molecular weight is 268 g/mol. The molecule has 0 bridgehead atoms. The van der Waals surface area contributed by atoms with Gasteiger partial charge in [-0.3, -0.25) is 0 Å². The predicted molar refractivity (Wildman–Crippen MR) is 67.8 cm³/mol. The van der Waals surface area contributed by atoms with Crippen LogP contribution < -0.4 is 5.73 Å². The van der Waals surface area contributed by atoms with Gasteiger partial charge in [0, 0.05) is 10.5 Å². The van der Waals surface area contributed by atoms with Crippen molar-refractivity contribution < 1.29 is 0 Å². The molecule has 0 aliphatic heterocycles. The summed E-state index contributed by atoms with van der Waals surface area (Å²) in [5.74, 6) is 0.977. The van der Waals surface area contributed by atoms with Crippen LogP contribution in [0.1, 0.15) is 42.9 Å². The molecular formula is C13H18BrN. The van der Waals surface area contributed by atoms with Gasteiger partial charge in [0.1, 0.15) is 0 Å². The maximum atomic E-state index is 6.17. The number of rotatable bonds is 4. The molecule has 1 nitrogen and oxygen atoms in total. The van der Waals surface area contributed by atoms with Crippen LogP contribution in [-0.4, -0.2) is 0 Å². The molecule has 1 aromatic rings. The summed E-state index contributed by atoms with van der Waals surface area (Å²) in [4.78, 5) is 0. The summed E-state index contributed by atoms with van der Waals surface area (Å²) < 4.78 is 1.17. The van der Waals surface area contributed by atoms with E-state index in [1.165, 1.54) is 34.9 Å². The molecule has 1 aliphatic rings. The molecule has 0 heterocycles. The van der Waals surface area contributed by atoms with E-state index in [2.05, 4.69) is 41.1 Å². The Kier molecular flexibility index (Phi) is 3.47. The topological polar surface area (TPSA) is 26.0 Å². The average Bonchev–Trinajstić information content (AvgIpc) is 3.02. The third-order valence-electron chi connectivity index (χ3n) is 3.21. The highest BCUT2D eigenvalue weighted by atomic mass is 79.9. The van der Waals surface area contributed by atoms with Crippen molar-refractivity contribution in [2.24, 2.45) is 11.7 Å². The summed E-state index contributed by atoms with van der Waals surface area (Å²) in [5.41, 5.74) is 8.70. The first kappa shape index (κ1) is 11.2. The van der Waals surface area contributed by atoms with Crippen molar-refractivity contribution in [2.75, 3.05) is 0 Å². The molecule has 1 atom stereocenters. The monoisotopic (exact) mass is 267 g/mol. The Bertz CT molecular complexity index is 344. The lowest BCUT2D eigenvalue weighted by Crippen LogP contribution is -2.10. The molecule has 1 saturated carbocycles. The van der Waals surface area contributed by atoms with E-state index in [0.29, 0.717) is 0 Å². The lowest BCUT2D eigenvalue weighted by atomic mass is 10.0. The van der Waals surface area contributed by atoms with Gasteiger partial charge in [-0.15, -0.1) is 0 Å². The van der Waals surface area contributed by atoms with Gasteiger partial charge in [0.05, 0.1) is 0 Å². The fraction of sp³-hybridized carbons (Fsp3) is 0.538. The summed E-state index contributed by atoms with van der Waals surface area (Å²) in [7, 11) is 0. The van der Waals surface area contributed by atoms with Crippen LogP contribution in [0.15, 0.2) is 22.7 Å². The van der Waals surface area contributed by atoms with E-state index >= 15 is 0 Å². The summed E-state index contributed by atoms with van der Waals surface area (Å²) in [6.07, 6.45) is 5.27. The zero-order valence-electron chi connectivity index (χ0n) is 9.17. The first-order valence-corrected chi connectivity index (χ1v) is 6.48.